The summed E-state index contributed by atoms with van der Waals surface area (Å²) in [6.07, 6.45) is 3.11. The van der Waals surface area contributed by atoms with Gasteiger partial charge in [-0.05, 0) is 24.8 Å². The van der Waals surface area contributed by atoms with Gasteiger partial charge in [0.05, 0.1) is 0 Å². The zero-order valence-corrected chi connectivity index (χ0v) is 11.0. The third-order valence-electron chi connectivity index (χ3n) is 1.11. The zero-order valence-electron chi connectivity index (χ0n) is 7.29. The number of aliphatic imine (C=N–C) groups is 1. The van der Waals surface area contributed by atoms with Gasteiger partial charge in [-0.1, -0.05) is 0 Å². The number of hydrogen-bond acceptors (Lipinski definition) is 3. The van der Waals surface area contributed by atoms with E-state index < -0.39 is 0 Å². The van der Waals surface area contributed by atoms with E-state index in [1.165, 1.54) is 4.91 Å². The molecule has 0 fully saturated rings. The summed E-state index contributed by atoms with van der Waals surface area (Å²) < 4.78 is 0. The van der Waals surface area contributed by atoms with Gasteiger partial charge in [0.1, 0.15) is 0 Å². The molecule has 0 heterocycles. The van der Waals surface area contributed by atoms with E-state index in [0.29, 0.717) is 0 Å². The van der Waals surface area contributed by atoms with E-state index in [0.717, 1.165) is 27.2 Å². The fraction of sp³-hybridized carbons (Fsp3) is 0.571. The van der Waals surface area contributed by atoms with Gasteiger partial charge in [-0.25, -0.2) is 0 Å². The molecule has 0 amide bonds. The molecule has 11 heavy (non-hydrogen) atoms. The lowest BCUT2D eigenvalue weighted by Crippen LogP contribution is -1.88. The van der Waals surface area contributed by atoms with E-state index in [1.54, 1.807) is 11.8 Å². The summed E-state index contributed by atoms with van der Waals surface area (Å²) >= 11 is 5.86. The van der Waals surface area contributed by atoms with Crippen LogP contribution >= 0.6 is 24.4 Å². The van der Waals surface area contributed by atoms with Crippen molar-refractivity contribution in [3.63, 3.8) is 0 Å². The van der Waals surface area contributed by atoms with Crippen molar-refractivity contribution >= 4 is 40.3 Å². The topological polar surface area (TPSA) is 12.4 Å². The smallest absolute Gasteiger partial charge is 0.0405 e. The summed E-state index contributed by atoms with van der Waals surface area (Å²) in [5.41, 5.74) is 1.13. The normalized spacial score (nSPS) is 14.1. The van der Waals surface area contributed by atoms with Crippen molar-refractivity contribution in [2.45, 2.75) is 13.8 Å². The minimum atomic E-state index is 0.844. The van der Waals surface area contributed by atoms with Crippen LogP contribution in [0.2, 0.25) is 0 Å². The first-order chi connectivity index (χ1) is 5.20. The molecule has 0 aliphatic rings. The van der Waals surface area contributed by atoms with Crippen molar-refractivity contribution in [3.8, 4) is 0 Å². The first-order valence-corrected chi connectivity index (χ1v) is 6.67. The minimum absolute atomic E-state index is 0.844. The molecule has 0 bridgehead atoms. The van der Waals surface area contributed by atoms with Gasteiger partial charge in [-0.15, -0.1) is 11.8 Å². The van der Waals surface area contributed by atoms with Gasteiger partial charge in [0, 0.05) is 27.2 Å². The fourth-order valence-electron chi connectivity index (χ4n) is 0.733. The van der Waals surface area contributed by atoms with Gasteiger partial charge in [0.2, 0.25) is 0 Å². The summed E-state index contributed by atoms with van der Waals surface area (Å²) in [6, 6.07) is 0. The Labute approximate surface area is 81.6 Å². The molecule has 0 spiro atoms. The molecule has 0 rings (SSSR count). The average Bonchev–Trinajstić information content (AvgIpc) is 1.87. The maximum atomic E-state index is 4.31. The highest BCUT2D eigenvalue weighted by atomic mass is 32.2. The SMILES string of the molecule is CC(/C=C(/C)SCS)=NC[SiH3]. The van der Waals surface area contributed by atoms with Crippen LogP contribution in [0.15, 0.2) is 16.0 Å². The Morgan fingerprint density at radius 2 is 2.27 bits per heavy atom. The van der Waals surface area contributed by atoms with Gasteiger partial charge >= 0.3 is 0 Å². The molecule has 0 radical (unpaired) electrons. The van der Waals surface area contributed by atoms with Crippen LogP contribution in [0.4, 0.5) is 0 Å². The first-order valence-electron chi connectivity index (χ1n) is 3.63. The first kappa shape index (κ1) is 11.3. The van der Waals surface area contributed by atoms with Crippen molar-refractivity contribution in [1.29, 1.82) is 0 Å². The predicted octanol–water partition coefficient (Wildman–Crippen LogP) is 1.29. The summed E-state index contributed by atoms with van der Waals surface area (Å²) in [7, 11) is 1.15. The summed E-state index contributed by atoms with van der Waals surface area (Å²) in [5, 5.41) is 0.844. The molecule has 0 N–H and O–H groups in total. The molecule has 0 aliphatic heterocycles. The molecule has 1 nitrogen and oxygen atoms in total. The van der Waals surface area contributed by atoms with Crippen molar-refractivity contribution in [2.24, 2.45) is 4.99 Å². The predicted molar refractivity (Wildman–Crippen MR) is 63.1 cm³/mol. The van der Waals surface area contributed by atoms with Gasteiger partial charge in [0.15, 0.2) is 0 Å². The second-order valence-corrected chi connectivity index (χ2v) is 4.74. The van der Waals surface area contributed by atoms with Crippen LogP contribution in [0.1, 0.15) is 13.8 Å². The lowest BCUT2D eigenvalue weighted by molar-refractivity contribution is 1.35. The molecule has 64 valence electrons. The molecule has 0 aromatic rings. The van der Waals surface area contributed by atoms with E-state index in [4.69, 9.17) is 0 Å². The molecule has 4 heteroatoms. The number of allylic oxidation sites excluding steroid dienone is 2. The third kappa shape index (κ3) is 6.71. The third-order valence-corrected chi connectivity index (χ3v) is 2.52. The summed E-state index contributed by atoms with van der Waals surface area (Å²) in [5.74, 6) is 0. The highest BCUT2D eigenvalue weighted by molar-refractivity contribution is 8.11. The van der Waals surface area contributed by atoms with Gasteiger partial charge in [0.25, 0.3) is 0 Å². The highest BCUT2D eigenvalue weighted by Crippen LogP contribution is 2.15. The number of nitrogens with zero attached hydrogens (tertiary/aromatic N) is 1. The van der Waals surface area contributed by atoms with Crippen molar-refractivity contribution < 1.29 is 0 Å². The lowest BCUT2D eigenvalue weighted by atomic mass is 10.4. The van der Waals surface area contributed by atoms with Gasteiger partial charge < -0.3 is 0 Å². The zero-order chi connectivity index (χ0) is 8.69. The number of thioether (sulfide) groups is 1. The van der Waals surface area contributed by atoms with Crippen LogP contribution in [0.5, 0.6) is 0 Å². The minimum Gasteiger partial charge on any atom is -0.294 e. The number of rotatable bonds is 4. The Morgan fingerprint density at radius 3 is 2.73 bits per heavy atom. The Bertz CT molecular complexity index is 166. The molecular formula is C7H15NS2Si. The van der Waals surface area contributed by atoms with Crippen LogP contribution in [0.25, 0.3) is 0 Å². The van der Waals surface area contributed by atoms with E-state index in [1.807, 2.05) is 6.92 Å². The lowest BCUT2D eigenvalue weighted by Gasteiger charge is -1.96. The van der Waals surface area contributed by atoms with Crippen molar-refractivity contribution in [2.75, 3.05) is 11.3 Å². The van der Waals surface area contributed by atoms with Crippen LogP contribution in [-0.4, -0.2) is 27.2 Å². The van der Waals surface area contributed by atoms with Crippen LogP contribution in [0.3, 0.4) is 0 Å². The average molecular weight is 205 g/mol. The number of thiol groups is 1. The van der Waals surface area contributed by atoms with Crippen molar-refractivity contribution in [3.05, 3.63) is 11.0 Å². The van der Waals surface area contributed by atoms with Crippen LogP contribution < -0.4 is 0 Å². The van der Waals surface area contributed by atoms with Crippen LogP contribution in [0, 0.1) is 0 Å². The molecule has 0 saturated carbocycles. The number of hydrogen-bond donors (Lipinski definition) is 1. The van der Waals surface area contributed by atoms with E-state index in [-0.39, 0.29) is 0 Å². The summed E-state index contributed by atoms with van der Waals surface area (Å²) in [6.45, 7) is 4.13. The molecule has 0 aromatic heterocycles. The molecule has 0 aromatic carbocycles. The quantitative estimate of drug-likeness (QED) is 0.316. The van der Waals surface area contributed by atoms with Gasteiger partial charge in [-0.3, -0.25) is 4.99 Å². The Hall–Kier alpha value is 0.327. The fourth-order valence-corrected chi connectivity index (χ4v) is 2.30. The van der Waals surface area contributed by atoms with E-state index in [2.05, 4.69) is 30.6 Å². The second-order valence-electron chi connectivity index (χ2n) is 2.14. The Kier molecular flexibility index (Phi) is 7.21. The van der Waals surface area contributed by atoms with Gasteiger partial charge in [-0.2, -0.15) is 12.6 Å². The maximum Gasteiger partial charge on any atom is 0.0405 e. The summed E-state index contributed by atoms with van der Waals surface area (Å²) in [4.78, 5) is 5.60. The highest BCUT2D eigenvalue weighted by Gasteiger charge is 1.88. The molecule has 0 unspecified atom stereocenters. The maximum absolute atomic E-state index is 4.31. The standard InChI is InChI=1S/C7H15NS2Si/c1-6(8-4-11)3-7(2)10-5-9/h3,9H,4-5H2,1-2,11H3/b7-3-,8-6?. The second kappa shape index (κ2) is 7.00. The Balaban J connectivity index is 3.96. The molecule has 0 aliphatic carbocycles. The van der Waals surface area contributed by atoms with Crippen molar-refractivity contribution in [1.82, 2.24) is 0 Å². The molecule has 0 saturated heterocycles. The Morgan fingerprint density at radius 1 is 1.64 bits per heavy atom. The van der Waals surface area contributed by atoms with Crippen LogP contribution in [-0.2, 0) is 0 Å². The molecule has 0 atom stereocenters. The van der Waals surface area contributed by atoms with E-state index >= 15 is 0 Å². The molecular weight excluding hydrogens is 190 g/mol. The monoisotopic (exact) mass is 205 g/mol. The largest absolute Gasteiger partial charge is 0.294 e. The van der Waals surface area contributed by atoms with E-state index in [9.17, 15) is 0 Å².